The molecule has 0 aromatic rings. The van der Waals surface area contributed by atoms with Crippen molar-refractivity contribution in [1.29, 1.82) is 0 Å². The summed E-state index contributed by atoms with van der Waals surface area (Å²) in [7, 11) is 3.03. The van der Waals surface area contributed by atoms with Crippen LogP contribution in [0, 0.1) is 34.5 Å². The van der Waals surface area contributed by atoms with E-state index in [1.165, 1.54) is 20.1 Å². The van der Waals surface area contributed by atoms with Crippen LogP contribution in [0.25, 0.3) is 0 Å². The first-order valence-electron chi connectivity index (χ1n) is 12.4. The number of methoxy groups -OCH3 is 1. The van der Waals surface area contributed by atoms with Crippen molar-refractivity contribution >= 4 is 23.7 Å². The second kappa shape index (κ2) is 10.4. The van der Waals surface area contributed by atoms with Crippen molar-refractivity contribution in [1.82, 2.24) is 5.32 Å². The molecule has 8 atom stereocenters. The van der Waals surface area contributed by atoms with Gasteiger partial charge in [-0.15, -0.1) is 0 Å². The van der Waals surface area contributed by atoms with E-state index in [1.54, 1.807) is 14.0 Å². The minimum Gasteiger partial charge on any atom is -0.468 e. The van der Waals surface area contributed by atoms with Gasteiger partial charge >= 0.3 is 17.9 Å². The number of esters is 3. The van der Waals surface area contributed by atoms with E-state index >= 15 is 0 Å². The highest BCUT2D eigenvalue weighted by atomic mass is 16.6. The van der Waals surface area contributed by atoms with Gasteiger partial charge in [0.15, 0.2) is 5.78 Å². The number of allylic oxidation sites excluding steroid dienone is 1. The van der Waals surface area contributed by atoms with Crippen LogP contribution in [0.3, 0.4) is 0 Å². The second-order valence-corrected chi connectivity index (χ2v) is 10.7. The predicted molar refractivity (Wildman–Crippen MR) is 126 cm³/mol. The Labute approximate surface area is 206 Å². The molecule has 2 N–H and O–H groups in total. The van der Waals surface area contributed by atoms with E-state index in [9.17, 15) is 24.3 Å². The van der Waals surface area contributed by atoms with Crippen molar-refractivity contribution in [3.8, 4) is 0 Å². The number of carbonyl (C=O) groups excluding carboxylic acids is 4. The Balaban J connectivity index is 1.97. The fourth-order valence-corrected chi connectivity index (χ4v) is 7.24. The van der Waals surface area contributed by atoms with Crippen molar-refractivity contribution < 1.29 is 38.5 Å². The van der Waals surface area contributed by atoms with Gasteiger partial charge in [-0.25, -0.2) is 4.79 Å². The van der Waals surface area contributed by atoms with E-state index in [4.69, 9.17) is 14.2 Å². The summed E-state index contributed by atoms with van der Waals surface area (Å²) in [5.41, 5.74) is -1.15. The van der Waals surface area contributed by atoms with Crippen LogP contribution in [0.4, 0.5) is 0 Å². The highest BCUT2D eigenvalue weighted by Gasteiger charge is 2.69. The Morgan fingerprint density at radius 1 is 1.23 bits per heavy atom. The van der Waals surface area contributed by atoms with Crippen LogP contribution in [0.5, 0.6) is 0 Å². The lowest BCUT2D eigenvalue weighted by Crippen LogP contribution is -2.68. The normalized spacial score (nSPS) is 39.9. The van der Waals surface area contributed by atoms with Gasteiger partial charge in [-0.1, -0.05) is 19.4 Å². The minimum absolute atomic E-state index is 0.0603. The van der Waals surface area contributed by atoms with Gasteiger partial charge in [0, 0.05) is 31.4 Å². The highest BCUT2D eigenvalue weighted by Crippen LogP contribution is 2.64. The van der Waals surface area contributed by atoms with Crippen molar-refractivity contribution in [2.24, 2.45) is 34.5 Å². The molecule has 9 heteroatoms. The Bertz CT molecular complexity index is 900. The summed E-state index contributed by atoms with van der Waals surface area (Å²) < 4.78 is 15.9. The molecule has 3 fully saturated rings. The topological polar surface area (TPSA) is 128 Å². The van der Waals surface area contributed by atoms with Gasteiger partial charge in [0.05, 0.1) is 7.11 Å². The average molecular weight is 494 g/mol. The van der Waals surface area contributed by atoms with Crippen LogP contribution >= 0.6 is 0 Å². The molecule has 0 saturated heterocycles. The molecule has 0 radical (unpaired) electrons. The molecule has 3 saturated carbocycles. The molecule has 0 bridgehead atoms. The molecular weight excluding hydrogens is 454 g/mol. The fraction of sp³-hybridized carbons (Fsp3) is 0.769. The molecule has 35 heavy (non-hydrogen) atoms. The van der Waals surface area contributed by atoms with Crippen molar-refractivity contribution in [3.05, 3.63) is 11.6 Å². The van der Waals surface area contributed by atoms with Crippen LogP contribution in [-0.4, -0.2) is 68.3 Å². The lowest BCUT2D eigenvalue weighted by Gasteiger charge is -2.62. The summed E-state index contributed by atoms with van der Waals surface area (Å²) in [5, 5.41) is 14.2. The number of aliphatic hydroxyl groups excluding tert-OH is 1. The van der Waals surface area contributed by atoms with E-state index in [-0.39, 0.29) is 24.4 Å². The number of likely N-dealkylation sites (N-methyl/N-ethyl adjacent to an activating group) is 1. The number of ether oxygens (including phenoxy) is 3. The van der Waals surface area contributed by atoms with Crippen LogP contribution in [-0.2, 0) is 33.4 Å². The van der Waals surface area contributed by atoms with Crippen LogP contribution in [0.15, 0.2) is 11.6 Å². The van der Waals surface area contributed by atoms with Crippen molar-refractivity contribution in [2.75, 3.05) is 27.3 Å². The third-order valence-electron chi connectivity index (χ3n) is 8.86. The first-order valence-corrected chi connectivity index (χ1v) is 12.4. The first-order chi connectivity index (χ1) is 16.4. The molecule has 196 valence electrons. The molecule has 0 unspecified atom stereocenters. The molecule has 0 spiro atoms. The minimum atomic E-state index is -1.41. The van der Waals surface area contributed by atoms with Crippen LogP contribution < -0.4 is 5.32 Å². The summed E-state index contributed by atoms with van der Waals surface area (Å²) in [5.74, 6) is -3.52. The zero-order valence-corrected chi connectivity index (χ0v) is 21.6. The Hall–Kier alpha value is -2.26. The Kier molecular flexibility index (Phi) is 8.11. The zero-order valence-electron chi connectivity index (χ0n) is 21.6. The lowest BCUT2D eigenvalue weighted by molar-refractivity contribution is -0.215. The molecule has 3 aliphatic rings. The molecule has 0 aliphatic heterocycles. The third kappa shape index (κ3) is 4.65. The number of fused-ring (bicyclic) bond motifs is 3. The number of carbonyl (C=O) groups is 4. The summed E-state index contributed by atoms with van der Waals surface area (Å²) in [6.07, 6.45) is 1.66. The van der Waals surface area contributed by atoms with E-state index in [2.05, 4.69) is 5.32 Å². The first kappa shape index (κ1) is 27.3. The van der Waals surface area contributed by atoms with Gasteiger partial charge in [-0.2, -0.15) is 0 Å². The van der Waals surface area contributed by atoms with Gasteiger partial charge < -0.3 is 24.6 Å². The standard InChI is InChI=1S/C26H39NO8/c1-14-16(13-19(29)34-12-11-27-5)7-8-17-20(14)21(30)22(31)23-25(17,3)10-9-18(35-15(2)28)26(23,4)24(32)33-6/h13-14,17-18,20-21,23,27,30H,7-12H2,1-6H3/b16-13-/t14-,17+,18-,20-,21+,23+,25+,26-/m0/s1. The number of rotatable bonds is 6. The number of aliphatic hydroxyl groups is 1. The van der Waals surface area contributed by atoms with Crippen LogP contribution in [0.2, 0.25) is 0 Å². The monoisotopic (exact) mass is 493 g/mol. The van der Waals surface area contributed by atoms with E-state index in [1.807, 2.05) is 13.8 Å². The molecule has 0 aromatic carbocycles. The zero-order chi connectivity index (χ0) is 26.1. The maximum Gasteiger partial charge on any atom is 0.330 e. The van der Waals surface area contributed by atoms with Crippen LogP contribution in [0.1, 0.15) is 53.4 Å². The smallest absolute Gasteiger partial charge is 0.330 e. The SMILES string of the molecule is CNCCOC(=O)/C=C1/CC[C@@H]2[C@@H]([C@@H](O)C(=O)[C@@H]3[C@]2(C)CC[C@H](OC(C)=O)[C@]3(C)C(=O)OC)[C@H]1C. The van der Waals surface area contributed by atoms with Gasteiger partial charge in [-0.3, -0.25) is 14.4 Å². The van der Waals surface area contributed by atoms with E-state index in [0.29, 0.717) is 32.2 Å². The summed E-state index contributed by atoms with van der Waals surface area (Å²) in [6.45, 7) is 7.66. The molecule has 9 nitrogen and oxygen atoms in total. The quantitative estimate of drug-likeness (QED) is 0.246. The molecule has 0 amide bonds. The Morgan fingerprint density at radius 3 is 2.51 bits per heavy atom. The second-order valence-electron chi connectivity index (χ2n) is 10.7. The fourth-order valence-electron chi connectivity index (χ4n) is 7.24. The maximum atomic E-state index is 13.8. The van der Waals surface area contributed by atoms with E-state index in [0.717, 1.165) is 5.57 Å². The maximum absolute atomic E-state index is 13.8. The van der Waals surface area contributed by atoms with Gasteiger partial charge in [0.25, 0.3) is 0 Å². The third-order valence-corrected chi connectivity index (χ3v) is 8.86. The average Bonchev–Trinajstić information content (AvgIpc) is 2.80. The summed E-state index contributed by atoms with van der Waals surface area (Å²) >= 11 is 0. The summed E-state index contributed by atoms with van der Waals surface area (Å²) in [4.78, 5) is 51.1. The number of ketones is 1. The number of hydrogen-bond donors (Lipinski definition) is 2. The molecular formula is C26H39NO8. The molecule has 3 aliphatic carbocycles. The van der Waals surface area contributed by atoms with Gasteiger partial charge in [0.1, 0.15) is 24.2 Å². The van der Waals surface area contributed by atoms with Crippen molar-refractivity contribution in [3.63, 3.8) is 0 Å². The number of hydrogen-bond acceptors (Lipinski definition) is 9. The Morgan fingerprint density at radius 2 is 1.91 bits per heavy atom. The van der Waals surface area contributed by atoms with Crippen molar-refractivity contribution in [2.45, 2.75) is 65.6 Å². The summed E-state index contributed by atoms with van der Waals surface area (Å²) in [6, 6.07) is 0. The largest absolute Gasteiger partial charge is 0.468 e. The van der Waals surface area contributed by atoms with E-state index < -0.39 is 52.6 Å². The molecule has 0 aromatic heterocycles. The highest BCUT2D eigenvalue weighted by molar-refractivity contribution is 5.94. The van der Waals surface area contributed by atoms with Gasteiger partial charge in [0.2, 0.25) is 0 Å². The number of nitrogens with one attached hydrogen (secondary N) is 1. The number of Topliss-reactive ketones (excluding diaryl/α,β-unsaturated/α-hetero) is 1. The molecule has 3 rings (SSSR count). The van der Waals surface area contributed by atoms with Gasteiger partial charge in [-0.05, 0) is 56.9 Å². The lowest BCUT2D eigenvalue weighted by atomic mass is 9.41. The molecule has 0 heterocycles. The predicted octanol–water partition coefficient (Wildman–Crippen LogP) is 1.81.